The van der Waals surface area contributed by atoms with E-state index in [9.17, 15) is 0 Å². The normalized spacial score (nSPS) is 11.1. The van der Waals surface area contributed by atoms with Gasteiger partial charge in [0.25, 0.3) is 0 Å². The van der Waals surface area contributed by atoms with Crippen LogP contribution < -0.4 is 0 Å². The number of nitrogens with zero attached hydrogens (tertiary/aromatic N) is 3. The summed E-state index contributed by atoms with van der Waals surface area (Å²) in [6.45, 7) is 6.06. The van der Waals surface area contributed by atoms with Crippen LogP contribution in [0.2, 0.25) is 0 Å². The fraction of sp³-hybridized carbons (Fsp3) is 0.400. The Balaban J connectivity index is 2.97. The second-order valence-electron chi connectivity index (χ2n) is 3.45. The number of pyridine rings is 1. The lowest BCUT2D eigenvalue weighted by molar-refractivity contribution is 0.783. The Labute approximate surface area is 77.4 Å². The number of fused-ring (bicyclic) bond motifs is 1. The van der Waals surface area contributed by atoms with Crippen molar-refractivity contribution in [3.8, 4) is 0 Å². The average Bonchev–Trinajstić information content (AvgIpc) is 2.27. The van der Waals surface area contributed by atoms with Gasteiger partial charge in [0.2, 0.25) is 0 Å². The lowest BCUT2D eigenvalue weighted by atomic mass is 10.2. The Morgan fingerprint density at radius 2 is 1.85 bits per heavy atom. The Hall–Kier alpha value is -1.38. The monoisotopic (exact) mass is 175 g/mol. The zero-order valence-electron chi connectivity index (χ0n) is 8.42. The van der Waals surface area contributed by atoms with E-state index in [4.69, 9.17) is 0 Å². The number of hydrogen-bond donors (Lipinski definition) is 0. The lowest BCUT2D eigenvalue weighted by Crippen LogP contribution is -1.91. The molecule has 0 aliphatic heterocycles. The minimum absolute atomic E-state index is 1.05. The molecule has 13 heavy (non-hydrogen) atoms. The molecule has 0 radical (unpaired) electrons. The molecule has 3 heteroatoms. The molecule has 0 unspecified atom stereocenters. The van der Waals surface area contributed by atoms with E-state index in [0.29, 0.717) is 0 Å². The summed E-state index contributed by atoms with van der Waals surface area (Å²) in [5, 5.41) is 5.56. The zero-order valence-corrected chi connectivity index (χ0v) is 8.42. The summed E-state index contributed by atoms with van der Waals surface area (Å²) < 4.78 is 1.91. The first kappa shape index (κ1) is 8.23. The van der Waals surface area contributed by atoms with Gasteiger partial charge < -0.3 is 0 Å². The molecular formula is C10H13N3. The minimum Gasteiger partial charge on any atom is -0.268 e. The van der Waals surface area contributed by atoms with E-state index >= 15 is 0 Å². The second-order valence-corrected chi connectivity index (χ2v) is 3.45. The summed E-state index contributed by atoms with van der Waals surface area (Å²) in [4.78, 5) is 4.42. The molecule has 68 valence electrons. The molecule has 0 aromatic carbocycles. The van der Waals surface area contributed by atoms with Crippen molar-refractivity contribution in [2.75, 3.05) is 0 Å². The fourth-order valence-corrected chi connectivity index (χ4v) is 1.84. The topological polar surface area (TPSA) is 30.7 Å². The predicted molar refractivity (Wildman–Crippen MR) is 52.7 cm³/mol. The van der Waals surface area contributed by atoms with Gasteiger partial charge in [0, 0.05) is 23.8 Å². The standard InChI is InChI=1S/C10H13N3/c1-6-5-9-10(7(2)11-6)8(3)12-13(9)4/h5H,1-4H3. The molecular weight excluding hydrogens is 162 g/mol. The average molecular weight is 175 g/mol. The van der Waals surface area contributed by atoms with Gasteiger partial charge in [-0.25, -0.2) is 0 Å². The highest BCUT2D eigenvalue weighted by atomic mass is 15.3. The maximum absolute atomic E-state index is 4.42. The number of hydrogen-bond acceptors (Lipinski definition) is 2. The van der Waals surface area contributed by atoms with Crippen molar-refractivity contribution in [1.29, 1.82) is 0 Å². The van der Waals surface area contributed by atoms with Gasteiger partial charge in [0.15, 0.2) is 0 Å². The third kappa shape index (κ3) is 1.11. The van der Waals surface area contributed by atoms with Gasteiger partial charge in [-0.1, -0.05) is 0 Å². The third-order valence-electron chi connectivity index (χ3n) is 2.32. The molecule has 0 atom stereocenters. The Morgan fingerprint density at radius 1 is 1.15 bits per heavy atom. The third-order valence-corrected chi connectivity index (χ3v) is 2.32. The van der Waals surface area contributed by atoms with Crippen molar-refractivity contribution >= 4 is 10.9 Å². The van der Waals surface area contributed by atoms with E-state index in [2.05, 4.69) is 16.1 Å². The Bertz CT molecular complexity index is 468. The zero-order chi connectivity index (χ0) is 9.59. The van der Waals surface area contributed by atoms with Crippen molar-refractivity contribution in [3.63, 3.8) is 0 Å². The van der Waals surface area contributed by atoms with Crippen LogP contribution >= 0.6 is 0 Å². The van der Waals surface area contributed by atoms with Crippen LogP contribution in [-0.4, -0.2) is 14.8 Å². The van der Waals surface area contributed by atoms with Crippen molar-refractivity contribution < 1.29 is 0 Å². The first-order chi connectivity index (χ1) is 6.09. The van der Waals surface area contributed by atoms with Crippen molar-refractivity contribution in [1.82, 2.24) is 14.8 Å². The largest absolute Gasteiger partial charge is 0.268 e. The van der Waals surface area contributed by atoms with Crippen LogP contribution in [0.1, 0.15) is 17.1 Å². The molecule has 0 fully saturated rings. The van der Waals surface area contributed by atoms with Crippen LogP contribution in [0.15, 0.2) is 6.07 Å². The molecule has 0 spiro atoms. The Kier molecular flexibility index (Phi) is 1.62. The molecule has 2 aromatic heterocycles. The molecule has 2 rings (SSSR count). The van der Waals surface area contributed by atoms with Crippen LogP contribution in [0.25, 0.3) is 10.9 Å². The summed E-state index contributed by atoms with van der Waals surface area (Å²) in [5.41, 5.74) is 4.35. The van der Waals surface area contributed by atoms with E-state index in [1.807, 2.05) is 32.5 Å². The van der Waals surface area contributed by atoms with E-state index in [1.165, 1.54) is 10.9 Å². The molecule has 3 nitrogen and oxygen atoms in total. The quantitative estimate of drug-likeness (QED) is 0.612. The van der Waals surface area contributed by atoms with Gasteiger partial charge in [-0.05, 0) is 26.8 Å². The summed E-state index contributed by atoms with van der Waals surface area (Å²) in [6.07, 6.45) is 0. The molecule has 0 aliphatic rings. The molecule has 0 saturated carbocycles. The number of aromatic nitrogens is 3. The molecule has 2 aromatic rings. The molecule has 0 saturated heterocycles. The highest BCUT2D eigenvalue weighted by Crippen LogP contribution is 2.20. The maximum atomic E-state index is 4.42. The summed E-state index contributed by atoms with van der Waals surface area (Å²) in [5.74, 6) is 0. The van der Waals surface area contributed by atoms with Crippen molar-refractivity contribution in [2.24, 2.45) is 7.05 Å². The van der Waals surface area contributed by atoms with E-state index < -0.39 is 0 Å². The molecule has 0 aliphatic carbocycles. The summed E-state index contributed by atoms with van der Waals surface area (Å²) >= 11 is 0. The molecule has 0 bridgehead atoms. The van der Waals surface area contributed by atoms with Crippen LogP contribution in [0.4, 0.5) is 0 Å². The van der Waals surface area contributed by atoms with Gasteiger partial charge in [0.1, 0.15) is 0 Å². The predicted octanol–water partition coefficient (Wildman–Crippen LogP) is 1.89. The van der Waals surface area contributed by atoms with Crippen LogP contribution in [0.3, 0.4) is 0 Å². The molecule has 0 amide bonds. The van der Waals surface area contributed by atoms with Crippen molar-refractivity contribution in [2.45, 2.75) is 20.8 Å². The van der Waals surface area contributed by atoms with Crippen LogP contribution in [-0.2, 0) is 7.05 Å². The Morgan fingerprint density at radius 3 is 2.54 bits per heavy atom. The summed E-state index contributed by atoms with van der Waals surface area (Å²) in [7, 11) is 1.97. The number of aryl methyl sites for hydroxylation is 4. The first-order valence-corrected chi connectivity index (χ1v) is 4.37. The highest BCUT2D eigenvalue weighted by Gasteiger charge is 2.08. The fourth-order valence-electron chi connectivity index (χ4n) is 1.84. The van der Waals surface area contributed by atoms with Gasteiger partial charge >= 0.3 is 0 Å². The summed E-state index contributed by atoms with van der Waals surface area (Å²) in [6, 6.07) is 2.07. The van der Waals surface area contributed by atoms with E-state index in [-0.39, 0.29) is 0 Å². The van der Waals surface area contributed by atoms with Crippen LogP contribution in [0, 0.1) is 20.8 Å². The maximum Gasteiger partial charge on any atom is 0.0718 e. The highest BCUT2D eigenvalue weighted by molar-refractivity contribution is 5.84. The van der Waals surface area contributed by atoms with Crippen LogP contribution in [0.5, 0.6) is 0 Å². The molecule has 0 N–H and O–H groups in total. The minimum atomic E-state index is 1.05. The van der Waals surface area contributed by atoms with E-state index in [1.54, 1.807) is 0 Å². The number of rotatable bonds is 0. The van der Waals surface area contributed by atoms with E-state index in [0.717, 1.165) is 17.1 Å². The van der Waals surface area contributed by atoms with Crippen molar-refractivity contribution in [3.05, 3.63) is 23.1 Å². The lowest BCUT2D eigenvalue weighted by Gasteiger charge is -1.99. The molecule has 2 heterocycles. The smallest absolute Gasteiger partial charge is 0.0718 e. The first-order valence-electron chi connectivity index (χ1n) is 4.37. The SMILES string of the molecule is Cc1cc2c(c(C)n1)c(C)nn2C. The van der Waals surface area contributed by atoms with Gasteiger partial charge in [-0.3, -0.25) is 9.67 Å². The van der Waals surface area contributed by atoms with Gasteiger partial charge in [0.05, 0.1) is 11.2 Å². The van der Waals surface area contributed by atoms with Gasteiger partial charge in [-0.15, -0.1) is 0 Å². The van der Waals surface area contributed by atoms with Gasteiger partial charge in [-0.2, -0.15) is 5.10 Å². The second kappa shape index (κ2) is 2.55.